The lowest BCUT2D eigenvalue weighted by Crippen LogP contribution is -2.49. The van der Waals surface area contributed by atoms with E-state index in [2.05, 4.69) is 17.6 Å². The third kappa shape index (κ3) is 2.80. The van der Waals surface area contributed by atoms with Crippen LogP contribution in [0.2, 0.25) is 0 Å². The highest BCUT2D eigenvalue weighted by molar-refractivity contribution is 5.20. The van der Waals surface area contributed by atoms with Crippen molar-refractivity contribution < 1.29 is 4.39 Å². The lowest BCUT2D eigenvalue weighted by molar-refractivity contribution is 0.336. The molecule has 0 amide bonds. The van der Waals surface area contributed by atoms with Crippen LogP contribution in [0, 0.1) is 5.82 Å². The molecular weight excluding hydrogens is 203 g/mol. The van der Waals surface area contributed by atoms with Gasteiger partial charge in [0.1, 0.15) is 5.82 Å². The molecule has 0 spiro atoms. The normalized spacial score (nSPS) is 25.6. The predicted molar refractivity (Wildman–Crippen MR) is 63.8 cm³/mol. The molecule has 2 N–H and O–H groups in total. The second-order valence-electron chi connectivity index (χ2n) is 4.41. The number of benzene rings is 1. The van der Waals surface area contributed by atoms with Gasteiger partial charge in [0.05, 0.1) is 0 Å². The maximum absolute atomic E-state index is 12.8. The molecule has 0 aromatic heterocycles. The number of halogens is 1. The molecular formula is C13H19FN2. The quantitative estimate of drug-likeness (QED) is 0.819. The average Bonchev–Trinajstić information content (AvgIpc) is 2.32. The summed E-state index contributed by atoms with van der Waals surface area (Å²) >= 11 is 0. The minimum atomic E-state index is -0.170. The first-order valence-electron chi connectivity index (χ1n) is 6.02. The van der Waals surface area contributed by atoms with Gasteiger partial charge in [0.2, 0.25) is 0 Å². The van der Waals surface area contributed by atoms with Gasteiger partial charge in [-0.1, -0.05) is 25.5 Å². The monoisotopic (exact) mass is 222 g/mol. The molecule has 1 aliphatic heterocycles. The van der Waals surface area contributed by atoms with Crippen LogP contribution < -0.4 is 10.6 Å². The van der Waals surface area contributed by atoms with Crippen molar-refractivity contribution in [1.29, 1.82) is 0 Å². The van der Waals surface area contributed by atoms with Crippen LogP contribution in [-0.4, -0.2) is 19.1 Å². The number of hydrogen-bond donors (Lipinski definition) is 2. The summed E-state index contributed by atoms with van der Waals surface area (Å²) in [6.45, 7) is 4.12. The van der Waals surface area contributed by atoms with Gasteiger partial charge in [0.15, 0.2) is 0 Å². The molecule has 1 heterocycles. The minimum absolute atomic E-state index is 0.170. The van der Waals surface area contributed by atoms with E-state index in [1.54, 1.807) is 0 Å². The lowest BCUT2D eigenvalue weighted by atomic mass is 10.0. The summed E-state index contributed by atoms with van der Waals surface area (Å²) in [5, 5.41) is 7.03. The van der Waals surface area contributed by atoms with Crippen molar-refractivity contribution in [2.24, 2.45) is 0 Å². The summed E-state index contributed by atoms with van der Waals surface area (Å²) in [6.07, 6.45) is 2.42. The Balaban J connectivity index is 1.91. The van der Waals surface area contributed by atoms with E-state index in [0.717, 1.165) is 18.7 Å². The summed E-state index contributed by atoms with van der Waals surface area (Å²) in [6, 6.07) is 7.66. The van der Waals surface area contributed by atoms with E-state index < -0.39 is 0 Å². The zero-order valence-corrected chi connectivity index (χ0v) is 9.67. The van der Waals surface area contributed by atoms with Gasteiger partial charge < -0.3 is 10.6 Å². The Morgan fingerprint density at radius 3 is 2.50 bits per heavy atom. The Hall–Kier alpha value is -0.930. The van der Waals surface area contributed by atoms with E-state index in [-0.39, 0.29) is 5.82 Å². The Kier molecular flexibility index (Phi) is 3.91. The fraction of sp³-hybridized carbons (Fsp3) is 0.538. The summed E-state index contributed by atoms with van der Waals surface area (Å²) in [7, 11) is 0. The van der Waals surface area contributed by atoms with Crippen molar-refractivity contribution in [3.63, 3.8) is 0 Å². The van der Waals surface area contributed by atoms with Crippen LogP contribution in [0.3, 0.4) is 0 Å². The van der Waals surface area contributed by atoms with Crippen molar-refractivity contribution in [2.75, 3.05) is 13.1 Å². The SMILES string of the molecule is CCCC1CNC(c2ccc(F)cc2)CN1. The zero-order valence-electron chi connectivity index (χ0n) is 9.67. The molecule has 3 heteroatoms. The summed E-state index contributed by atoms with van der Waals surface area (Å²) in [4.78, 5) is 0. The van der Waals surface area contributed by atoms with E-state index in [9.17, 15) is 4.39 Å². The first-order chi connectivity index (χ1) is 7.79. The molecule has 0 saturated carbocycles. The Bertz CT molecular complexity index is 315. The molecule has 1 fully saturated rings. The van der Waals surface area contributed by atoms with Crippen LogP contribution in [-0.2, 0) is 0 Å². The number of rotatable bonds is 3. The second kappa shape index (κ2) is 5.41. The van der Waals surface area contributed by atoms with Crippen molar-refractivity contribution >= 4 is 0 Å². The van der Waals surface area contributed by atoms with Crippen LogP contribution in [0.15, 0.2) is 24.3 Å². The molecule has 2 unspecified atom stereocenters. The van der Waals surface area contributed by atoms with Gasteiger partial charge in [-0.15, -0.1) is 0 Å². The Labute approximate surface area is 96.2 Å². The van der Waals surface area contributed by atoms with Crippen molar-refractivity contribution in [2.45, 2.75) is 31.8 Å². The molecule has 0 aliphatic carbocycles. The van der Waals surface area contributed by atoms with Gasteiger partial charge in [0, 0.05) is 25.2 Å². The maximum atomic E-state index is 12.8. The van der Waals surface area contributed by atoms with Crippen LogP contribution in [0.4, 0.5) is 4.39 Å². The molecule has 0 bridgehead atoms. The molecule has 2 nitrogen and oxygen atoms in total. The molecule has 0 radical (unpaired) electrons. The van der Waals surface area contributed by atoms with Crippen molar-refractivity contribution in [3.05, 3.63) is 35.6 Å². The molecule has 1 aromatic rings. The molecule has 2 atom stereocenters. The third-order valence-corrected chi connectivity index (χ3v) is 3.13. The van der Waals surface area contributed by atoms with Crippen LogP contribution in [0.5, 0.6) is 0 Å². The van der Waals surface area contributed by atoms with Crippen LogP contribution >= 0.6 is 0 Å². The minimum Gasteiger partial charge on any atom is -0.311 e. The molecule has 88 valence electrons. The van der Waals surface area contributed by atoms with E-state index in [1.165, 1.54) is 25.0 Å². The predicted octanol–water partition coefficient (Wildman–Crippen LogP) is 2.23. The fourth-order valence-electron chi connectivity index (χ4n) is 2.20. The topological polar surface area (TPSA) is 24.1 Å². The molecule has 1 aromatic carbocycles. The number of hydrogen-bond acceptors (Lipinski definition) is 2. The molecule has 1 saturated heterocycles. The highest BCUT2D eigenvalue weighted by Gasteiger charge is 2.19. The highest BCUT2D eigenvalue weighted by atomic mass is 19.1. The van der Waals surface area contributed by atoms with Gasteiger partial charge in [0.25, 0.3) is 0 Å². The molecule has 2 rings (SSSR count). The second-order valence-corrected chi connectivity index (χ2v) is 4.41. The van der Waals surface area contributed by atoms with E-state index in [4.69, 9.17) is 0 Å². The maximum Gasteiger partial charge on any atom is 0.123 e. The Morgan fingerprint density at radius 2 is 1.94 bits per heavy atom. The highest BCUT2D eigenvalue weighted by Crippen LogP contribution is 2.16. The van der Waals surface area contributed by atoms with Crippen molar-refractivity contribution in [1.82, 2.24) is 10.6 Å². The molecule has 16 heavy (non-hydrogen) atoms. The van der Waals surface area contributed by atoms with Gasteiger partial charge in [-0.3, -0.25) is 0 Å². The van der Waals surface area contributed by atoms with Gasteiger partial charge in [-0.25, -0.2) is 4.39 Å². The Morgan fingerprint density at radius 1 is 1.19 bits per heavy atom. The smallest absolute Gasteiger partial charge is 0.123 e. The fourth-order valence-corrected chi connectivity index (χ4v) is 2.20. The molecule has 1 aliphatic rings. The van der Waals surface area contributed by atoms with Gasteiger partial charge >= 0.3 is 0 Å². The standard InChI is InChI=1S/C13H19FN2/c1-2-3-12-8-16-13(9-15-12)10-4-6-11(14)7-5-10/h4-7,12-13,15-16H,2-3,8-9H2,1H3. The summed E-state index contributed by atoms with van der Waals surface area (Å²) < 4.78 is 12.8. The lowest BCUT2D eigenvalue weighted by Gasteiger charge is -2.31. The van der Waals surface area contributed by atoms with Crippen molar-refractivity contribution in [3.8, 4) is 0 Å². The average molecular weight is 222 g/mol. The first-order valence-corrected chi connectivity index (χ1v) is 6.02. The zero-order chi connectivity index (χ0) is 11.4. The first kappa shape index (κ1) is 11.6. The number of piperazine rings is 1. The number of nitrogens with one attached hydrogen (secondary N) is 2. The van der Waals surface area contributed by atoms with E-state index in [1.807, 2.05) is 12.1 Å². The largest absolute Gasteiger partial charge is 0.311 e. The third-order valence-electron chi connectivity index (χ3n) is 3.13. The van der Waals surface area contributed by atoms with Crippen LogP contribution in [0.1, 0.15) is 31.4 Å². The van der Waals surface area contributed by atoms with E-state index in [0.29, 0.717) is 12.1 Å². The van der Waals surface area contributed by atoms with E-state index >= 15 is 0 Å². The summed E-state index contributed by atoms with van der Waals surface area (Å²) in [5.41, 5.74) is 1.16. The van der Waals surface area contributed by atoms with Crippen LogP contribution in [0.25, 0.3) is 0 Å². The summed E-state index contributed by atoms with van der Waals surface area (Å²) in [5.74, 6) is -0.170. The van der Waals surface area contributed by atoms with Gasteiger partial charge in [-0.05, 0) is 24.1 Å². The van der Waals surface area contributed by atoms with Gasteiger partial charge in [-0.2, -0.15) is 0 Å².